The number of ether oxygens (including phenoxy) is 3. The molecule has 230 valence electrons. The summed E-state index contributed by atoms with van der Waals surface area (Å²) in [5, 5.41) is 7.30. The monoisotopic (exact) mass is 609 g/mol. The van der Waals surface area contributed by atoms with Gasteiger partial charge >= 0.3 is 12.1 Å². The summed E-state index contributed by atoms with van der Waals surface area (Å²) in [5.41, 5.74) is 1.21. The largest absolute Gasteiger partial charge is 0.489 e. The number of amides is 2. The van der Waals surface area contributed by atoms with E-state index in [2.05, 4.69) is 15.6 Å². The number of thiazole rings is 1. The molecule has 0 aliphatic heterocycles. The number of ketones is 1. The van der Waals surface area contributed by atoms with Crippen LogP contribution in [-0.4, -0.2) is 47.5 Å². The van der Waals surface area contributed by atoms with Crippen molar-refractivity contribution in [1.29, 1.82) is 0 Å². The van der Waals surface area contributed by atoms with Crippen molar-refractivity contribution in [3.63, 3.8) is 0 Å². The van der Waals surface area contributed by atoms with E-state index in [1.165, 1.54) is 23.8 Å². The Balaban J connectivity index is 1.78. The smallest absolute Gasteiger partial charge is 0.408 e. The molecule has 43 heavy (non-hydrogen) atoms. The molecule has 3 rings (SSSR count). The SMILES string of the molecule is CC[C@@H](C)[C@H](NC(=O)OC(C)(C)C)C(=O)C(=O)N[C@@H](Cc1ccc(OCc2ccccc2)cc1)c1nc(C(=O)OC)cs1. The number of hydrogen-bond acceptors (Lipinski definition) is 9. The number of nitrogens with one attached hydrogen (secondary N) is 2. The molecule has 2 aromatic carbocycles. The van der Waals surface area contributed by atoms with Crippen LogP contribution < -0.4 is 15.4 Å². The quantitative estimate of drug-likeness (QED) is 0.194. The lowest BCUT2D eigenvalue weighted by molar-refractivity contribution is -0.140. The van der Waals surface area contributed by atoms with E-state index in [1.807, 2.05) is 61.5 Å². The third kappa shape index (κ3) is 10.2. The van der Waals surface area contributed by atoms with Gasteiger partial charge in [0.2, 0.25) is 5.78 Å². The molecule has 0 fully saturated rings. The Kier molecular flexibility index (Phi) is 11.8. The van der Waals surface area contributed by atoms with Crippen molar-refractivity contribution in [2.75, 3.05) is 7.11 Å². The zero-order chi connectivity index (χ0) is 31.6. The number of nitrogens with zero attached hydrogens (tertiary/aromatic N) is 1. The van der Waals surface area contributed by atoms with Gasteiger partial charge in [-0.3, -0.25) is 9.59 Å². The number of carbonyl (C=O) groups excluding carboxylic acids is 4. The van der Waals surface area contributed by atoms with Gasteiger partial charge in [0.15, 0.2) is 5.69 Å². The molecular weight excluding hydrogens is 570 g/mol. The fourth-order valence-electron chi connectivity index (χ4n) is 4.05. The molecule has 0 bridgehead atoms. The minimum Gasteiger partial charge on any atom is -0.489 e. The summed E-state index contributed by atoms with van der Waals surface area (Å²) >= 11 is 1.17. The molecule has 11 heteroatoms. The lowest BCUT2D eigenvalue weighted by atomic mass is 9.94. The summed E-state index contributed by atoms with van der Waals surface area (Å²) in [7, 11) is 1.26. The molecule has 2 amide bonds. The Bertz CT molecular complexity index is 1380. The van der Waals surface area contributed by atoms with Crippen molar-refractivity contribution < 1.29 is 33.4 Å². The highest BCUT2D eigenvalue weighted by Crippen LogP contribution is 2.25. The number of carbonyl (C=O) groups is 4. The molecule has 0 aliphatic carbocycles. The topological polar surface area (TPSA) is 133 Å². The van der Waals surface area contributed by atoms with Crippen molar-refractivity contribution in [2.24, 2.45) is 5.92 Å². The summed E-state index contributed by atoms with van der Waals surface area (Å²) in [6.45, 7) is 9.19. The van der Waals surface area contributed by atoms with Crippen LogP contribution in [0.3, 0.4) is 0 Å². The maximum absolute atomic E-state index is 13.4. The van der Waals surface area contributed by atoms with E-state index >= 15 is 0 Å². The van der Waals surface area contributed by atoms with Gasteiger partial charge < -0.3 is 24.8 Å². The molecule has 0 unspecified atom stereocenters. The first-order chi connectivity index (χ1) is 20.4. The van der Waals surface area contributed by atoms with E-state index in [-0.39, 0.29) is 18.0 Å². The Labute approximate surface area is 256 Å². The van der Waals surface area contributed by atoms with Crippen LogP contribution in [0.25, 0.3) is 0 Å². The van der Waals surface area contributed by atoms with Crippen molar-refractivity contribution in [1.82, 2.24) is 15.6 Å². The number of esters is 1. The van der Waals surface area contributed by atoms with Crippen LogP contribution in [0, 0.1) is 5.92 Å². The number of alkyl carbamates (subject to hydrolysis) is 1. The van der Waals surface area contributed by atoms with Crippen molar-refractivity contribution in [3.05, 3.63) is 81.8 Å². The lowest BCUT2D eigenvalue weighted by Crippen LogP contribution is -2.52. The van der Waals surface area contributed by atoms with E-state index in [9.17, 15) is 19.2 Å². The lowest BCUT2D eigenvalue weighted by Gasteiger charge is -2.26. The first kappa shape index (κ1) is 33.3. The Morgan fingerprint density at radius 2 is 1.63 bits per heavy atom. The summed E-state index contributed by atoms with van der Waals surface area (Å²) in [4.78, 5) is 55.6. The molecule has 0 spiro atoms. The number of Topliss-reactive ketones (excluding diaryl/α,β-unsaturated/α-hetero) is 1. The molecule has 0 saturated heterocycles. The van der Waals surface area contributed by atoms with Crippen molar-refractivity contribution in [2.45, 2.75) is 71.8 Å². The normalized spacial score (nSPS) is 13.3. The fourth-order valence-corrected chi connectivity index (χ4v) is 4.89. The minimum absolute atomic E-state index is 0.0989. The van der Waals surface area contributed by atoms with Crippen LogP contribution in [-0.2, 0) is 32.1 Å². The number of aromatic nitrogens is 1. The first-order valence-corrected chi connectivity index (χ1v) is 14.9. The molecular formula is C32H39N3O7S. The van der Waals surface area contributed by atoms with Crippen LogP contribution in [0.2, 0.25) is 0 Å². The molecule has 10 nitrogen and oxygen atoms in total. The van der Waals surface area contributed by atoms with Crippen LogP contribution in [0.4, 0.5) is 4.79 Å². The highest BCUT2D eigenvalue weighted by Gasteiger charge is 2.34. The number of methoxy groups -OCH3 is 1. The van der Waals surface area contributed by atoms with E-state index in [0.29, 0.717) is 23.8 Å². The molecule has 0 aliphatic rings. The Morgan fingerprint density at radius 3 is 2.23 bits per heavy atom. The van der Waals surface area contributed by atoms with Gasteiger partial charge in [-0.25, -0.2) is 14.6 Å². The first-order valence-electron chi connectivity index (χ1n) is 14.0. The van der Waals surface area contributed by atoms with Crippen LogP contribution in [0.5, 0.6) is 5.75 Å². The molecule has 3 atom stereocenters. The molecule has 1 heterocycles. The van der Waals surface area contributed by atoms with Crippen molar-refractivity contribution in [3.8, 4) is 5.75 Å². The Hall–Kier alpha value is -4.25. The highest BCUT2D eigenvalue weighted by atomic mass is 32.1. The summed E-state index contributed by atoms with van der Waals surface area (Å²) in [5.74, 6) is -1.96. The summed E-state index contributed by atoms with van der Waals surface area (Å²) in [6.07, 6.45) is 0.0311. The van der Waals surface area contributed by atoms with Gasteiger partial charge in [0.05, 0.1) is 13.2 Å². The molecule has 1 aromatic heterocycles. The van der Waals surface area contributed by atoms with E-state index in [1.54, 1.807) is 27.7 Å². The summed E-state index contributed by atoms with van der Waals surface area (Å²) in [6, 6.07) is 15.3. The molecule has 0 saturated carbocycles. The van der Waals surface area contributed by atoms with E-state index in [0.717, 1.165) is 11.1 Å². The minimum atomic E-state index is -1.09. The summed E-state index contributed by atoms with van der Waals surface area (Å²) < 4.78 is 16.0. The second kappa shape index (κ2) is 15.3. The second-order valence-corrected chi connectivity index (χ2v) is 12.0. The average Bonchev–Trinajstić information content (AvgIpc) is 3.48. The van der Waals surface area contributed by atoms with Crippen molar-refractivity contribution >= 4 is 35.1 Å². The van der Waals surface area contributed by atoms with Gasteiger partial charge in [-0.15, -0.1) is 11.3 Å². The van der Waals surface area contributed by atoms with Crippen LogP contribution in [0.15, 0.2) is 60.0 Å². The van der Waals surface area contributed by atoms with Crippen LogP contribution in [0.1, 0.15) is 73.7 Å². The zero-order valence-corrected chi connectivity index (χ0v) is 26.2. The van der Waals surface area contributed by atoms with Gasteiger partial charge in [0.25, 0.3) is 5.91 Å². The zero-order valence-electron chi connectivity index (χ0n) is 25.3. The average molecular weight is 610 g/mol. The van der Waals surface area contributed by atoms with Gasteiger partial charge in [0.1, 0.15) is 29.0 Å². The third-order valence-corrected chi connectivity index (χ3v) is 7.48. The van der Waals surface area contributed by atoms with Gasteiger partial charge in [-0.1, -0.05) is 62.7 Å². The predicted octanol–water partition coefficient (Wildman–Crippen LogP) is 5.42. The maximum Gasteiger partial charge on any atom is 0.408 e. The number of hydrogen-bond donors (Lipinski definition) is 2. The standard InChI is InChI=1S/C32H39N3O7S/c1-7-20(2)26(35-31(39)42-32(3,4)5)27(36)28(37)33-24(29-34-25(19-43-29)30(38)40-6)17-21-13-15-23(16-14-21)41-18-22-11-9-8-10-12-22/h8-16,19-20,24,26H,7,17-18H2,1-6H3,(H,33,37)(H,35,39)/t20-,24+,26+/m1/s1. The fraction of sp³-hybridized carbons (Fsp3) is 0.406. The second-order valence-electron chi connectivity index (χ2n) is 11.1. The number of benzene rings is 2. The van der Waals surface area contributed by atoms with Gasteiger partial charge in [-0.2, -0.15) is 0 Å². The predicted molar refractivity (Wildman–Crippen MR) is 163 cm³/mol. The maximum atomic E-state index is 13.4. The van der Waals surface area contributed by atoms with Gasteiger partial charge in [-0.05, 0) is 56.4 Å². The molecule has 0 radical (unpaired) electrons. The van der Waals surface area contributed by atoms with E-state index < -0.39 is 41.4 Å². The molecule has 2 N–H and O–H groups in total. The third-order valence-electron chi connectivity index (χ3n) is 6.52. The van der Waals surface area contributed by atoms with Gasteiger partial charge in [0, 0.05) is 5.38 Å². The Morgan fingerprint density at radius 1 is 0.953 bits per heavy atom. The van der Waals surface area contributed by atoms with E-state index in [4.69, 9.17) is 14.2 Å². The number of rotatable bonds is 13. The molecule has 3 aromatic rings. The van der Waals surface area contributed by atoms with Crippen LogP contribution >= 0.6 is 11.3 Å². The highest BCUT2D eigenvalue weighted by molar-refractivity contribution is 7.09.